The van der Waals surface area contributed by atoms with Gasteiger partial charge in [-0.25, -0.2) is 8.78 Å². The predicted molar refractivity (Wildman–Crippen MR) is 87.2 cm³/mol. The zero-order chi connectivity index (χ0) is 17.6. The van der Waals surface area contributed by atoms with Crippen LogP contribution in [-0.2, 0) is 11.2 Å². The minimum Gasteiger partial charge on any atom is -0.339 e. The average molecular weight is 344 g/mol. The number of hydrogen-bond acceptors (Lipinski definition) is 5. The lowest BCUT2D eigenvalue weighted by molar-refractivity contribution is -0.116. The first-order chi connectivity index (χ1) is 12.0. The van der Waals surface area contributed by atoms with Crippen molar-refractivity contribution in [2.75, 3.05) is 16.8 Å². The van der Waals surface area contributed by atoms with Gasteiger partial charge in [-0.1, -0.05) is 0 Å². The van der Waals surface area contributed by atoms with Crippen LogP contribution < -0.4 is 10.2 Å². The van der Waals surface area contributed by atoms with E-state index < -0.39 is 12.2 Å². The van der Waals surface area contributed by atoms with E-state index in [0.29, 0.717) is 12.4 Å². The van der Waals surface area contributed by atoms with Crippen LogP contribution in [0.5, 0.6) is 0 Å². The molecule has 25 heavy (non-hydrogen) atoms. The highest BCUT2D eigenvalue weighted by Gasteiger charge is 2.22. The molecule has 1 amide bonds. The van der Waals surface area contributed by atoms with Crippen molar-refractivity contribution in [3.05, 3.63) is 41.7 Å². The number of benzene rings is 1. The van der Waals surface area contributed by atoms with Gasteiger partial charge in [0.25, 0.3) is 6.43 Å². The van der Waals surface area contributed by atoms with Crippen LogP contribution in [0.15, 0.2) is 30.3 Å². The molecule has 0 fully saturated rings. The van der Waals surface area contributed by atoms with Crippen molar-refractivity contribution in [3.63, 3.8) is 0 Å². The Kier molecular flexibility index (Phi) is 3.56. The molecule has 0 saturated carbocycles. The number of hydrogen-bond donors (Lipinski definition) is 1. The predicted octanol–water partition coefficient (Wildman–Crippen LogP) is 2.71. The highest BCUT2D eigenvalue weighted by atomic mass is 19.3. The van der Waals surface area contributed by atoms with Crippen molar-refractivity contribution in [1.29, 1.82) is 0 Å². The molecule has 1 N–H and O–H groups in total. The summed E-state index contributed by atoms with van der Waals surface area (Å²) in [6, 6.07) is 8.85. The largest absolute Gasteiger partial charge is 0.339 e. The molecular weight excluding hydrogens is 330 g/mol. The summed E-state index contributed by atoms with van der Waals surface area (Å²) in [7, 11) is 0. The highest BCUT2D eigenvalue weighted by molar-refractivity contribution is 5.94. The third-order valence-electron chi connectivity index (χ3n) is 4.11. The number of fused-ring (bicyclic) bond motifs is 2. The number of nitrogens with one attached hydrogen (secondary N) is 1. The summed E-state index contributed by atoms with van der Waals surface area (Å²) in [5.41, 5.74) is 2.98. The average Bonchev–Trinajstić information content (AvgIpc) is 3.17. The summed E-state index contributed by atoms with van der Waals surface area (Å²) in [5.74, 6) is -0.0843. The molecule has 0 radical (unpaired) electrons. The Morgan fingerprint density at radius 1 is 1.24 bits per heavy atom. The Hall–Kier alpha value is -3.10. The first kappa shape index (κ1) is 15.4. The summed E-state index contributed by atoms with van der Waals surface area (Å²) < 4.78 is 26.9. The van der Waals surface area contributed by atoms with Crippen LogP contribution in [0, 0.1) is 0 Å². The molecule has 1 aromatic carbocycles. The molecule has 3 heterocycles. The maximum atomic E-state index is 12.9. The fraction of sp³-hybridized carbons (Fsp3) is 0.250. The van der Waals surface area contributed by atoms with E-state index in [1.807, 2.05) is 18.2 Å². The fourth-order valence-corrected chi connectivity index (χ4v) is 2.96. The molecular formula is C16H14F2N6O. The molecule has 1 aliphatic rings. The molecule has 0 atom stereocenters. The third kappa shape index (κ3) is 2.67. The number of anilines is 3. The summed E-state index contributed by atoms with van der Waals surface area (Å²) in [6.45, 7) is 2.21. The van der Waals surface area contributed by atoms with Gasteiger partial charge in [-0.05, 0) is 42.3 Å². The Morgan fingerprint density at radius 2 is 2.08 bits per heavy atom. The van der Waals surface area contributed by atoms with Crippen molar-refractivity contribution in [2.24, 2.45) is 0 Å². The molecule has 4 rings (SSSR count). The zero-order valence-corrected chi connectivity index (χ0v) is 13.3. The lowest BCUT2D eigenvalue weighted by Crippen LogP contribution is -2.25. The number of halogens is 2. The minimum atomic E-state index is -2.75. The number of amides is 1. The Morgan fingerprint density at radius 3 is 2.84 bits per heavy atom. The number of carbonyl (C=O) groups is 1. The number of aromatic nitrogens is 4. The van der Waals surface area contributed by atoms with Crippen molar-refractivity contribution in [2.45, 2.75) is 19.8 Å². The van der Waals surface area contributed by atoms with Crippen LogP contribution in [0.3, 0.4) is 0 Å². The van der Waals surface area contributed by atoms with Gasteiger partial charge in [-0.15, -0.1) is 15.3 Å². The van der Waals surface area contributed by atoms with Gasteiger partial charge in [0.2, 0.25) is 11.7 Å². The first-order valence-electron chi connectivity index (χ1n) is 7.71. The van der Waals surface area contributed by atoms with E-state index >= 15 is 0 Å². The molecule has 0 spiro atoms. The smallest absolute Gasteiger partial charge is 0.299 e. The molecule has 2 aromatic heterocycles. The van der Waals surface area contributed by atoms with Crippen LogP contribution in [0.25, 0.3) is 5.65 Å². The lowest BCUT2D eigenvalue weighted by atomic mass is 10.1. The number of alkyl halides is 2. The molecule has 0 unspecified atom stereocenters. The van der Waals surface area contributed by atoms with Gasteiger partial charge in [-0.2, -0.15) is 4.52 Å². The van der Waals surface area contributed by atoms with Gasteiger partial charge in [0.05, 0.1) is 0 Å². The third-order valence-corrected chi connectivity index (χ3v) is 4.11. The summed E-state index contributed by atoms with van der Waals surface area (Å²) in [5, 5.41) is 14.3. The maximum Gasteiger partial charge on any atom is 0.299 e. The monoisotopic (exact) mass is 344 g/mol. The van der Waals surface area contributed by atoms with Crippen LogP contribution in [0.2, 0.25) is 0 Å². The van der Waals surface area contributed by atoms with Crippen molar-refractivity contribution in [3.8, 4) is 0 Å². The summed E-state index contributed by atoms with van der Waals surface area (Å²) in [6.07, 6.45) is -1.98. The Labute approximate surface area is 141 Å². The molecule has 128 valence electrons. The van der Waals surface area contributed by atoms with E-state index in [2.05, 4.69) is 20.6 Å². The molecule has 0 saturated heterocycles. The van der Waals surface area contributed by atoms with E-state index in [4.69, 9.17) is 0 Å². The normalized spacial score (nSPS) is 13.5. The second-order valence-electron chi connectivity index (χ2n) is 5.74. The summed E-state index contributed by atoms with van der Waals surface area (Å²) >= 11 is 0. The van der Waals surface area contributed by atoms with Gasteiger partial charge >= 0.3 is 0 Å². The van der Waals surface area contributed by atoms with Crippen LogP contribution in [0.4, 0.5) is 26.0 Å². The molecule has 0 aliphatic carbocycles. The van der Waals surface area contributed by atoms with Crippen molar-refractivity contribution in [1.82, 2.24) is 19.8 Å². The first-order valence-corrected chi connectivity index (χ1v) is 7.71. The van der Waals surface area contributed by atoms with E-state index in [1.165, 1.54) is 0 Å². The number of nitrogens with zero attached hydrogens (tertiary/aromatic N) is 5. The highest BCUT2D eigenvalue weighted by Crippen LogP contribution is 2.31. The molecule has 3 aromatic rings. The lowest BCUT2D eigenvalue weighted by Gasteiger charge is -2.15. The van der Waals surface area contributed by atoms with E-state index in [0.717, 1.165) is 27.9 Å². The van der Waals surface area contributed by atoms with Crippen LogP contribution >= 0.6 is 0 Å². The quantitative estimate of drug-likeness (QED) is 0.791. The topological polar surface area (TPSA) is 75.4 Å². The standard InChI is InChI=1S/C16H14F2N6O/c1-9(25)23-7-6-10-8-11(2-3-12(10)23)19-13-4-5-14-20-21-16(15(17)18)24(14)22-13/h2-5,8,15H,6-7H2,1H3,(H,19,22). The van der Waals surface area contributed by atoms with Crippen LogP contribution in [-0.4, -0.2) is 32.3 Å². The molecule has 9 heteroatoms. The Bertz CT molecular complexity index is 970. The second kappa shape index (κ2) is 5.76. The zero-order valence-electron chi connectivity index (χ0n) is 13.3. The summed E-state index contributed by atoms with van der Waals surface area (Å²) in [4.78, 5) is 13.3. The van der Waals surface area contributed by atoms with Gasteiger partial charge < -0.3 is 10.2 Å². The molecule has 1 aliphatic heterocycles. The van der Waals surface area contributed by atoms with Crippen LogP contribution in [0.1, 0.15) is 24.7 Å². The van der Waals surface area contributed by atoms with E-state index in [-0.39, 0.29) is 11.6 Å². The molecule has 7 nitrogen and oxygen atoms in total. The SMILES string of the molecule is CC(=O)N1CCc2cc(Nc3ccc4nnc(C(F)F)n4n3)ccc21. The van der Waals surface area contributed by atoms with Crippen molar-refractivity contribution < 1.29 is 13.6 Å². The van der Waals surface area contributed by atoms with E-state index in [9.17, 15) is 13.6 Å². The fourth-order valence-electron chi connectivity index (χ4n) is 2.96. The second-order valence-corrected chi connectivity index (χ2v) is 5.74. The van der Waals surface area contributed by atoms with E-state index in [1.54, 1.807) is 24.0 Å². The maximum absolute atomic E-state index is 12.9. The van der Waals surface area contributed by atoms with Gasteiger partial charge in [0.1, 0.15) is 0 Å². The Balaban J connectivity index is 1.63. The van der Waals surface area contributed by atoms with Crippen molar-refractivity contribution >= 4 is 28.7 Å². The molecule has 0 bridgehead atoms. The number of rotatable bonds is 3. The van der Waals surface area contributed by atoms with Gasteiger partial charge in [0, 0.05) is 24.8 Å². The van der Waals surface area contributed by atoms with Gasteiger partial charge in [0.15, 0.2) is 11.5 Å². The minimum absolute atomic E-state index is 0.0127. The number of carbonyl (C=O) groups excluding carboxylic acids is 1. The van der Waals surface area contributed by atoms with Gasteiger partial charge in [-0.3, -0.25) is 4.79 Å².